The number of anilines is 2. The number of thioether (sulfide) groups is 1. The maximum absolute atomic E-state index is 12.4. The zero-order chi connectivity index (χ0) is 20.8. The number of esters is 1. The van der Waals surface area contributed by atoms with Gasteiger partial charge in [-0.1, -0.05) is 41.6 Å². The van der Waals surface area contributed by atoms with Gasteiger partial charge in [-0.15, -0.1) is 0 Å². The molecule has 0 unspecified atom stereocenters. The highest BCUT2D eigenvalue weighted by Crippen LogP contribution is 2.31. The Morgan fingerprint density at radius 2 is 1.97 bits per heavy atom. The molecule has 0 aliphatic carbocycles. The van der Waals surface area contributed by atoms with Gasteiger partial charge in [0.25, 0.3) is 0 Å². The van der Waals surface area contributed by atoms with Crippen LogP contribution in [0.15, 0.2) is 59.2 Å². The van der Waals surface area contributed by atoms with Crippen LogP contribution in [0.2, 0.25) is 0 Å². The Morgan fingerprint density at radius 1 is 1.17 bits per heavy atom. The molecule has 29 heavy (non-hydrogen) atoms. The minimum absolute atomic E-state index is 0.0964. The number of fused-ring (bicyclic) bond motifs is 1. The number of rotatable bonds is 5. The highest BCUT2D eigenvalue weighted by molar-refractivity contribution is 8.14. The second-order valence-corrected chi connectivity index (χ2v) is 7.67. The number of hydrogen-bond donors (Lipinski definition) is 2. The van der Waals surface area contributed by atoms with Gasteiger partial charge in [0.2, 0.25) is 5.91 Å². The number of hydrogen-bond acceptors (Lipinski definition) is 6. The predicted molar refractivity (Wildman–Crippen MR) is 119 cm³/mol. The average molecular weight is 410 g/mol. The molecule has 1 heterocycles. The molecular weight excluding hydrogens is 386 g/mol. The van der Waals surface area contributed by atoms with Crippen molar-refractivity contribution in [2.24, 2.45) is 4.99 Å². The van der Waals surface area contributed by atoms with Crippen molar-refractivity contribution >= 4 is 45.7 Å². The van der Waals surface area contributed by atoms with Gasteiger partial charge in [0.1, 0.15) is 0 Å². The van der Waals surface area contributed by atoms with Gasteiger partial charge < -0.3 is 15.4 Å². The Balaban J connectivity index is 1.73. The lowest BCUT2D eigenvalue weighted by molar-refractivity contribution is -0.139. The summed E-state index contributed by atoms with van der Waals surface area (Å²) in [7, 11) is 1.36. The maximum atomic E-state index is 12.4. The molecule has 0 atom stereocenters. The number of benzene rings is 2. The standard InChI is InChI=1S/C22H23N3O3S/c1-14-8-9-17(15(2)10-14)24-20(26)13-29-21-11-16(12-22(27)28-3)23-18-6-4-5-7-19(18)25-21/h4-11,23H,12-13H2,1-3H3,(H,24,26). The number of nitrogens with one attached hydrogen (secondary N) is 2. The summed E-state index contributed by atoms with van der Waals surface area (Å²) >= 11 is 1.32. The van der Waals surface area contributed by atoms with Crippen molar-refractivity contribution in [3.63, 3.8) is 0 Å². The smallest absolute Gasteiger partial charge is 0.311 e. The van der Waals surface area contributed by atoms with E-state index in [1.807, 2.05) is 56.3 Å². The Hall–Kier alpha value is -3.06. The van der Waals surface area contributed by atoms with Crippen LogP contribution in [0.5, 0.6) is 0 Å². The average Bonchev–Trinajstić information content (AvgIpc) is 2.87. The molecule has 2 N–H and O–H groups in total. The highest BCUT2D eigenvalue weighted by Gasteiger charge is 2.15. The zero-order valence-corrected chi connectivity index (χ0v) is 17.4. The third-order valence-electron chi connectivity index (χ3n) is 4.30. The fraction of sp³-hybridized carbons (Fsp3) is 0.227. The molecule has 0 saturated carbocycles. The van der Waals surface area contributed by atoms with E-state index >= 15 is 0 Å². The van der Waals surface area contributed by atoms with Gasteiger partial charge in [0.05, 0.1) is 35.7 Å². The lowest BCUT2D eigenvalue weighted by Gasteiger charge is -2.09. The summed E-state index contributed by atoms with van der Waals surface area (Å²) in [6, 6.07) is 13.5. The van der Waals surface area contributed by atoms with E-state index in [1.54, 1.807) is 6.08 Å². The van der Waals surface area contributed by atoms with E-state index in [9.17, 15) is 9.59 Å². The number of amides is 1. The molecule has 0 saturated heterocycles. The van der Waals surface area contributed by atoms with Crippen molar-refractivity contribution in [2.75, 3.05) is 23.5 Å². The number of ether oxygens (including phenoxy) is 1. The Labute approximate surface area is 174 Å². The van der Waals surface area contributed by atoms with E-state index in [0.29, 0.717) is 10.7 Å². The molecule has 1 aliphatic rings. The van der Waals surface area contributed by atoms with E-state index in [1.165, 1.54) is 18.9 Å². The summed E-state index contributed by atoms with van der Waals surface area (Å²) < 4.78 is 4.77. The monoisotopic (exact) mass is 409 g/mol. The fourth-order valence-electron chi connectivity index (χ4n) is 2.86. The summed E-state index contributed by atoms with van der Waals surface area (Å²) in [6.45, 7) is 3.98. The van der Waals surface area contributed by atoms with Crippen LogP contribution in [0.4, 0.5) is 17.1 Å². The molecule has 2 aromatic carbocycles. The molecule has 0 radical (unpaired) electrons. The summed E-state index contributed by atoms with van der Waals surface area (Å²) in [4.78, 5) is 28.8. The summed E-state index contributed by atoms with van der Waals surface area (Å²) in [5, 5.41) is 6.82. The normalized spacial score (nSPS) is 12.7. The number of carbonyl (C=O) groups excluding carboxylic acids is 2. The largest absolute Gasteiger partial charge is 0.469 e. The van der Waals surface area contributed by atoms with Crippen LogP contribution in [-0.4, -0.2) is 29.8 Å². The SMILES string of the molecule is COC(=O)CC1=CC(SCC(=O)Nc2ccc(C)cc2C)=Nc2ccccc2N1. The second-order valence-electron chi connectivity index (χ2n) is 6.67. The first kappa shape index (κ1) is 20.7. The minimum atomic E-state index is -0.347. The molecule has 150 valence electrons. The van der Waals surface area contributed by atoms with Gasteiger partial charge in [-0.3, -0.25) is 9.59 Å². The predicted octanol–water partition coefficient (Wildman–Crippen LogP) is 4.58. The highest BCUT2D eigenvalue weighted by atomic mass is 32.2. The number of aryl methyl sites for hydroxylation is 2. The molecule has 2 aromatic rings. The molecule has 7 heteroatoms. The molecule has 0 aromatic heterocycles. The van der Waals surface area contributed by atoms with Crippen molar-refractivity contribution < 1.29 is 14.3 Å². The molecule has 1 aliphatic heterocycles. The molecule has 3 rings (SSSR count). The summed E-state index contributed by atoms with van der Waals surface area (Å²) in [5.41, 5.74) is 5.20. The quantitative estimate of drug-likeness (QED) is 0.707. The van der Waals surface area contributed by atoms with Gasteiger partial charge in [0.15, 0.2) is 0 Å². The zero-order valence-electron chi connectivity index (χ0n) is 16.6. The second kappa shape index (κ2) is 9.43. The minimum Gasteiger partial charge on any atom is -0.469 e. The Bertz CT molecular complexity index is 999. The molecule has 0 fully saturated rings. The van der Waals surface area contributed by atoms with Crippen molar-refractivity contribution in [3.05, 3.63) is 65.4 Å². The van der Waals surface area contributed by atoms with Crippen LogP contribution >= 0.6 is 11.8 Å². The van der Waals surface area contributed by atoms with E-state index in [0.717, 1.165) is 28.2 Å². The number of methoxy groups -OCH3 is 1. The number of nitrogens with zero attached hydrogens (tertiary/aromatic N) is 1. The van der Waals surface area contributed by atoms with E-state index in [2.05, 4.69) is 15.6 Å². The number of carbonyl (C=O) groups is 2. The van der Waals surface area contributed by atoms with Crippen molar-refractivity contribution in [2.45, 2.75) is 20.3 Å². The van der Waals surface area contributed by atoms with Gasteiger partial charge >= 0.3 is 5.97 Å². The first-order chi connectivity index (χ1) is 13.9. The lowest BCUT2D eigenvalue weighted by Crippen LogP contribution is -2.16. The van der Waals surface area contributed by atoms with E-state index in [4.69, 9.17) is 4.74 Å². The van der Waals surface area contributed by atoms with Gasteiger partial charge in [-0.05, 0) is 43.7 Å². The third kappa shape index (κ3) is 5.71. The summed E-state index contributed by atoms with van der Waals surface area (Å²) in [5.74, 6) is -0.255. The maximum Gasteiger partial charge on any atom is 0.311 e. The van der Waals surface area contributed by atoms with Crippen molar-refractivity contribution in [1.29, 1.82) is 0 Å². The van der Waals surface area contributed by atoms with Crippen molar-refractivity contribution in [3.8, 4) is 0 Å². The Morgan fingerprint density at radius 3 is 2.72 bits per heavy atom. The van der Waals surface area contributed by atoms with Gasteiger partial charge in [-0.25, -0.2) is 4.99 Å². The number of para-hydroxylation sites is 2. The molecule has 6 nitrogen and oxygen atoms in total. The van der Waals surface area contributed by atoms with Crippen LogP contribution in [0, 0.1) is 13.8 Å². The first-order valence-corrected chi connectivity index (χ1v) is 10.1. The van der Waals surface area contributed by atoms with Crippen LogP contribution in [0.25, 0.3) is 0 Å². The number of aliphatic imine (C=N–C) groups is 1. The van der Waals surface area contributed by atoms with E-state index < -0.39 is 0 Å². The van der Waals surface area contributed by atoms with Crippen molar-refractivity contribution in [1.82, 2.24) is 0 Å². The topological polar surface area (TPSA) is 79.8 Å². The van der Waals surface area contributed by atoms with Crippen LogP contribution in [0.1, 0.15) is 17.5 Å². The molecule has 0 spiro atoms. The van der Waals surface area contributed by atoms with E-state index in [-0.39, 0.29) is 24.1 Å². The van der Waals surface area contributed by atoms with Crippen LogP contribution < -0.4 is 10.6 Å². The fourth-order valence-corrected chi connectivity index (χ4v) is 3.60. The molecular formula is C22H23N3O3S. The van der Waals surface area contributed by atoms with Gasteiger partial charge in [-0.2, -0.15) is 0 Å². The summed E-state index contributed by atoms with van der Waals surface area (Å²) in [6.07, 6.45) is 1.88. The molecule has 0 bridgehead atoms. The van der Waals surface area contributed by atoms with Crippen LogP contribution in [-0.2, 0) is 14.3 Å². The molecule has 1 amide bonds. The van der Waals surface area contributed by atoms with Gasteiger partial charge in [0, 0.05) is 11.4 Å². The lowest BCUT2D eigenvalue weighted by atomic mass is 10.1. The Kier molecular flexibility index (Phi) is 6.72. The first-order valence-electron chi connectivity index (χ1n) is 9.16. The third-order valence-corrected chi connectivity index (χ3v) is 5.21. The van der Waals surface area contributed by atoms with Crippen LogP contribution in [0.3, 0.4) is 0 Å².